The number of hydrogen-bond acceptors (Lipinski definition) is 2. The second kappa shape index (κ2) is 8.67. The van der Waals surface area contributed by atoms with Crippen LogP contribution in [0.4, 0.5) is 0 Å². The summed E-state index contributed by atoms with van der Waals surface area (Å²) >= 11 is 0. The number of aliphatic hydroxyl groups excluding tert-OH is 1. The topological polar surface area (TPSA) is 46.1 Å². The summed E-state index contributed by atoms with van der Waals surface area (Å²) in [5, 5.41) is 12.5. The van der Waals surface area contributed by atoms with Crippen LogP contribution < -0.4 is 22.5 Å². The predicted molar refractivity (Wildman–Crippen MR) is 79.5 cm³/mol. The molecule has 0 aliphatic heterocycles. The van der Waals surface area contributed by atoms with Crippen molar-refractivity contribution < 1.29 is 27.6 Å². The molecular weight excluding hydrogens is 286 g/mol. The number of halogens is 1. The standard InChI is InChI=1S/C17H21NO2.ClH/c1-13(17(19)15-6-4-3-5-7-15)18-12-14-8-10-16(20-2)11-9-14;/h3-11,13,17-19H,12H2,1-2H3;1H. The van der Waals surface area contributed by atoms with Gasteiger partial charge in [-0.15, -0.1) is 0 Å². The summed E-state index contributed by atoms with van der Waals surface area (Å²) in [7, 11) is 1.67. The van der Waals surface area contributed by atoms with Gasteiger partial charge in [0.1, 0.15) is 24.4 Å². The highest BCUT2D eigenvalue weighted by Gasteiger charge is 2.18. The van der Waals surface area contributed by atoms with Gasteiger partial charge in [0.25, 0.3) is 0 Å². The maximum atomic E-state index is 10.3. The minimum atomic E-state index is -0.450. The normalized spacial score (nSPS) is 13.1. The van der Waals surface area contributed by atoms with Crippen LogP contribution in [0.1, 0.15) is 24.2 Å². The molecule has 0 bridgehead atoms. The Labute approximate surface area is 132 Å². The molecule has 21 heavy (non-hydrogen) atoms. The molecule has 3 nitrogen and oxygen atoms in total. The number of aliphatic hydroxyl groups is 1. The van der Waals surface area contributed by atoms with E-state index in [2.05, 4.69) is 17.4 Å². The molecule has 2 unspecified atom stereocenters. The van der Waals surface area contributed by atoms with Crippen LogP contribution in [0.15, 0.2) is 54.6 Å². The van der Waals surface area contributed by atoms with Crippen molar-refractivity contribution in [3.8, 4) is 5.75 Å². The van der Waals surface area contributed by atoms with Gasteiger partial charge in [-0.1, -0.05) is 30.3 Å². The van der Waals surface area contributed by atoms with Crippen molar-refractivity contribution >= 4 is 0 Å². The fraction of sp³-hybridized carbons (Fsp3) is 0.294. The number of benzene rings is 2. The van der Waals surface area contributed by atoms with Gasteiger partial charge in [-0.25, -0.2) is 0 Å². The Morgan fingerprint density at radius 1 is 1.05 bits per heavy atom. The molecule has 2 aromatic carbocycles. The summed E-state index contributed by atoms with van der Waals surface area (Å²) in [5.41, 5.74) is 2.18. The Morgan fingerprint density at radius 2 is 1.67 bits per heavy atom. The van der Waals surface area contributed by atoms with Gasteiger partial charge in [0.2, 0.25) is 0 Å². The van der Waals surface area contributed by atoms with E-state index in [1.807, 2.05) is 49.4 Å². The molecule has 2 rings (SSSR count). The van der Waals surface area contributed by atoms with E-state index in [1.165, 1.54) is 5.56 Å². The number of methoxy groups -OCH3 is 1. The molecule has 0 aromatic heterocycles. The Kier molecular flexibility index (Phi) is 7.23. The summed E-state index contributed by atoms with van der Waals surface area (Å²) in [5.74, 6) is 0.867. The maximum absolute atomic E-state index is 10.3. The molecule has 0 aliphatic carbocycles. The maximum Gasteiger partial charge on any atom is 0.130 e. The zero-order valence-corrected chi connectivity index (χ0v) is 13.1. The van der Waals surface area contributed by atoms with Crippen molar-refractivity contribution in [1.82, 2.24) is 0 Å². The zero-order valence-electron chi connectivity index (χ0n) is 12.4. The Bertz CT molecular complexity index is 516. The van der Waals surface area contributed by atoms with Crippen LogP contribution in [0, 0.1) is 0 Å². The second-order valence-electron chi connectivity index (χ2n) is 5.00. The smallest absolute Gasteiger partial charge is 0.130 e. The molecular formula is C17H22ClNO2. The highest BCUT2D eigenvalue weighted by Crippen LogP contribution is 2.14. The Hall–Kier alpha value is -1.55. The van der Waals surface area contributed by atoms with Crippen LogP contribution >= 0.6 is 0 Å². The van der Waals surface area contributed by atoms with Gasteiger partial charge < -0.3 is 27.6 Å². The molecule has 0 fully saturated rings. The summed E-state index contributed by atoms with van der Waals surface area (Å²) < 4.78 is 5.14. The van der Waals surface area contributed by atoms with E-state index in [4.69, 9.17) is 4.74 Å². The second-order valence-corrected chi connectivity index (χ2v) is 5.00. The van der Waals surface area contributed by atoms with Crippen LogP contribution in [0.2, 0.25) is 0 Å². The molecule has 0 saturated carbocycles. The molecule has 0 aliphatic rings. The number of ether oxygens (including phenoxy) is 1. The van der Waals surface area contributed by atoms with E-state index in [1.54, 1.807) is 7.11 Å². The number of nitrogens with two attached hydrogens (primary N) is 1. The number of hydrogen-bond donors (Lipinski definition) is 2. The lowest BCUT2D eigenvalue weighted by atomic mass is 10.0. The molecule has 114 valence electrons. The quantitative estimate of drug-likeness (QED) is 0.710. The van der Waals surface area contributed by atoms with Gasteiger partial charge in [-0.05, 0) is 36.8 Å². The first-order chi connectivity index (χ1) is 9.70. The molecule has 2 atom stereocenters. The minimum absolute atomic E-state index is 0. The van der Waals surface area contributed by atoms with Crippen LogP contribution in [-0.4, -0.2) is 18.3 Å². The van der Waals surface area contributed by atoms with Crippen LogP contribution in [-0.2, 0) is 6.54 Å². The third-order valence-corrected chi connectivity index (χ3v) is 3.52. The molecule has 0 heterocycles. The first-order valence-corrected chi connectivity index (χ1v) is 6.90. The fourth-order valence-electron chi connectivity index (χ4n) is 2.17. The summed E-state index contributed by atoms with van der Waals surface area (Å²) in [6, 6.07) is 17.9. The highest BCUT2D eigenvalue weighted by atomic mass is 35.5. The largest absolute Gasteiger partial charge is 1.00 e. The van der Waals surface area contributed by atoms with E-state index >= 15 is 0 Å². The molecule has 0 radical (unpaired) electrons. The van der Waals surface area contributed by atoms with Crippen molar-refractivity contribution in [2.75, 3.05) is 7.11 Å². The van der Waals surface area contributed by atoms with Crippen LogP contribution in [0.25, 0.3) is 0 Å². The van der Waals surface area contributed by atoms with E-state index in [0.29, 0.717) is 0 Å². The molecule has 3 N–H and O–H groups in total. The molecule has 4 heteroatoms. The average molecular weight is 308 g/mol. The van der Waals surface area contributed by atoms with E-state index in [9.17, 15) is 5.11 Å². The number of rotatable bonds is 6. The SMILES string of the molecule is COc1ccc(C[NH2+]C(C)C(O)c2ccccc2)cc1.[Cl-]. The summed E-state index contributed by atoms with van der Waals surface area (Å²) in [6.45, 7) is 2.89. The van der Waals surface area contributed by atoms with Crippen LogP contribution in [0.3, 0.4) is 0 Å². The van der Waals surface area contributed by atoms with Crippen molar-refractivity contribution in [2.24, 2.45) is 0 Å². The number of quaternary nitrogens is 1. The first kappa shape index (κ1) is 17.5. The monoisotopic (exact) mass is 307 g/mol. The van der Waals surface area contributed by atoms with E-state index in [-0.39, 0.29) is 18.4 Å². The Balaban J connectivity index is 0.00000220. The van der Waals surface area contributed by atoms with Crippen molar-refractivity contribution in [3.63, 3.8) is 0 Å². The molecule has 0 saturated heterocycles. The molecule has 0 spiro atoms. The summed E-state index contributed by atoms with van der Waals surface area (Å²) in [4.78, 5) is 0. The van der Waals surface area contributed by atoms with E-state index < -0.39 is 6.10 Å². The lowest BCUT2D eigenvalue weighted by Crippen LogP contribution is -3.00. The summed E-state index contributed by atoms with van der Waals surface area (Å²) in [6.07, 6.45) is -0.450. The molecule has 0 amide bonds. The van der Waals surface area contributed by atoms with Gasteiger partial charge in [-0.2, -0.15) is 0 Å². The van der Waals surface area contributed by atoms with Gasteiger partial charge >= 0.3 is 0 Å². The van der Waals surface area contributed by atoms with Crippen LogP contribution in [0.5, 0.6) is 5.75 Å². The lowest BCUT2D eigenvalue weighted by Gasteiger charge is -2.17. The first-order valence-electron chi connectivity index (χ1n) is 6.90. The van der Waals surface area contributed by atoms with Gasteiger partial charge in [0.15, 0.2) is 0 Å². The predicted octanol–water partition coefficient (Wildman–Crippen LogP) is -1.12. The van der Waals surface area contributed by atoms with Crippen molar-refractivity contribution in [1.29, 1.82) is 0 Å². The van der Waals surface area contributed by atoms with Crippen molar-refractivity contribution in [3.05, 3.63) is 65.7 Å². The molecule has 2 aromatic rings. The van der Waals surface area contributed by atoms with Crippen molar-refractivity contribution in [2.45, 2.75) is 25.6 Å². The van der Waals surface area contributed by atoms with Gasteiger partial charge in [0, 0.05) is 5.56 Å². The Morgan fingerprint density at radius 3 is 2.24 bits per heavy atom. The fourth-order valence-corrected chi connectivity index (χ4v) is 2.17. The lowest BCUT2D eigenvalue weighted by molar-refractivity contribution is -0.709. The minimum Gasteiger partial charge on any atom is -1.00 e. The average Bonchev–Trinajstić information content (AvgIpc) is 2.53. The van der Waals surface area contributed by atoms with E-state index in [0.717, 1.165) is 17.9 Å². The zero-order chi connectivity index (χ0) is 14.4. The van der Waals surface area contributed by atoms with Gasteiger partial charge in [0.05, 0.1) is 7.11 Å². The highest BCUT2D eigenvalue weighted by molar-refractivity contribution is 5.26. The third kappa shape index (κ3) is 5.05. The van der Waals surface area contributed by atoms with Gasteiger partial charge in [-0.3, -0.25) is 0 Å². The third-order valence-electron chi connectivity index (χ3n) is 3.52.